The highest BCUT2D eigenvalue weighted by Crippen LogP contribution is 2.08. The van der Waals surface area contributed by atoms with E-state index in [0.29, 0.717) is 18.5 Å². The molecule has 0 spiro atoms. The molecule has 1 unspecified atom stereocenters. The lowest BCUT2D eigenvalue weighted by atomic mass is 10.0. The highest BCUT2D eigenvalue weighted by Gasteiger charge is 2.09. The minimum Gasteiger partial charge on any atom is -0.329 e. The molecule has 1 aromatic rings. The Bertz CT molecular complexity index is 303. The molecule has 0 radical (unpaired) electrons. The van der Waals surface area contributed by atoms with Gasteiger partial charge in [-0.1, -0.05) is 51.5 Å². The van der Waals surface area contributed by atoms with Gasteiger partial charge in [-0.05, 0) is 23.5 Å². The third-order valence-electron chi connectivity index (χ3n) is 3.19. The smallest absolute Gasteiger partial charge is 0.0216 e. The van der Waals surface area contributed by atoms with Gasteiger partial charge in [-0.25, -0.2) is 0 Å². The van der Waals surface area contributed by atoms with Crippen LogP contribution >= 0.6 is 0 Å². The topological polar surface area (TPSA) is 38.0 Å². The van der Waals surface area contributed by atoms with E-state index in [1.807, 2.05) is 0 Å². The summed E-state index contributed by atoms with van der Waals surface area (Å²) in [5.41, 5.74) is 8.50. The molecule has 0 aliphatic heterocycles. The second kappa shape index (κ2) is 7.46. The maximum atomic E-state index is 5.74. The van der Waals surface area contributed by atoms with Crippen LogP contribution in [0.3, 0.4) is 0 Å². The lowest BCUT2D eigenvalue weighted by Gasteiger charge is -2.20. The highest BCUT2D eigenvalue weighted by molar-refractivity contribution is 5.22. The minimum absolute atomic E-state index is 0.408. The molecule has 2 nitrogen and oxygen atoms in total. The van der Waals surface area contributed by atoms with Crippen molar-refractivity contribution in [2.45, 2.75) is 46.2 Å². The lowest BCUT2D eigenvalue weighted by Crippen LogP contribution is -2.39. The third kappa shape index (κ3) is 4.88. The molecule has 0 saturated carbocycles. The fourth-order valence-corrected chi connectivity index (χ4v) is 1.95. The second-order valence-electron chi connectivity index (χ2n) is 5.03. The van der Waals surface area contributed by atoms with E-state index < -0.39 is 0 Å². The molecule has 0 aliphatic rings. The van der Waals surface area contributed by atoms with Gasteiger partial charge < -0.3 is 11.1 Å². The Kier molecular flexibility index (Phi) is 6.23. The summed E-state index contributed by atoms with van der Waals surface area (Å²) >= 11 is 0. The van der Waals surface area contributed by atoms with Crippen molar-refractivity contribution in [3.05, 3.63) is 35.4 Å². The van der Waals surface area contributed by atoms with Crippen LogP contribution in [0.25, 0.3) is 0 Å². The number of nitrogens with one attached hydrogen (secondary N) is 1. The van der Waals surface area contributed by atoms with Crippen LogP contribution in [0.5, 0.6) is 0 Å². The van der Waals surface area contributed by atoms with Crippen LogP contribution in [0.4, 0.5) is 0 Å². The van der Waals surface area contributed by atoms with Gasteiger partial charge in [0, 0.05) is 19.1 Å². The molecular formula is C15H26N2. The van der Waals surface area contributed by atoms with Crippen LogP contribution < -0.4 is 11.1 Å². The first kappa shape index (κ1) is 14.2. The SMILES string of the molecule is CCCc1ccc(CNC(CN)C(C)C)cc1. The summed E-state index contributed by atoms with van der Waals surface area (Å²) in [6, 6.07) is 9.30. The zero-order chi connectivity index (χ0) is 12.7. The molecule has 2 heteroatoms. The first-order valence-corrected chi connectivity index (χ1v) is 6.68. The molecule has 0 bridgehead atoms. The molecule has 0 saturated heterocycles. The number of aryl methyl sites for hydroxylation is 1. The largest absolute Gasteiger partial charge is 0.329 e. The first-order chi connectivity index (χ1) is 8.17. The van der Waals surface area contributed by atoms with Gasteiger partial charge in [-0.3, -0.25) is 0 Å². The summed E-state index contributed by atoms with van der Waals surface area (Å²) < 4.78 is 0. The molecule has 96 valence electrons. The van der Waals surface area contributed by atoms with E-state index in [4.69, 9.17) is 5.73 Å². The molecule has 1 atom stereocenters. The van der Waals surface area contributed by atoms with Crippen LogP contribution in [-0.2, 0) is 13.0 Å². The van der Waals surface area contributed by atoms with Crippen LogP contribution in [0.1, 0.15) is 38.3 Å². The van der Waals surface area contributed by atoms with Gasteiger partial charge in [-0.2, -0.15) is 0 Å². The Morgan fingerprint density at radius 3 is 2.18 bits per heavy atom. The molecule has 1 aromatic carbocycles. The van der Waals surface area contributed by atoms with Crippen molar-refractivity contribution in [3.8, 4) is 0 Å². The van der Waals surface area contributed by atoms with Gasteiger partial charge in [0.25, 0.3) is 0 Å². The zero-order valence-corrected chi connectivity index (χ0v) is 11.4. The number of benzene rings is 1. The van der Waals surface area contributed by atoms with Crippen molar-refractivity contribution in [1.29, 1.82) is 0 Å². The molecule has 0 heterocycles. The molecule has 0 fully saturated rings. The summed E-state index contributed by atoms with van der Waals surface area (Å²) in [6.07, 6.45) is 2.38. The first-order valence-electron chi connectivity index (χ1n) is 6.68. The summed E-state index contributed by atoms with van der Waals surface area (Å²) in [5, 5.41) is 3.51. The van der Waals surface area contributed by atoms with E-state index in [2.05, 4.69) is 50.4 Å². The van der Waals surface area contributed by atoms with Gasteiger partial charge in [0.2, 0.25) is 0 Å². The van der Waals surface area contributed by atoms with E-state index in [1.54, 1.807) is 0 Å². The fourth-order valence-electron chi connectivity index (χ4n) is 1.95. The van der Waals surface area contributed by atoms with Crippen molar-refractivity contribution < 1.29 is 0 Å². The minimum atomic E-state index is 0.408. The van der Waals surface area contributed by atoms with Gasteiger partial charge in [0.05, 0.1) is 0 Å². The quantitative estimate of drug-likeness (QED) is 0.761. The van der Waals surface area contributed by atoms with Crippen LogP contribution in [0.15, 0.2) is 24.3 Å². The van der Waals surface area contributed by atoms with E-state index >= 15 is 0 Å². The van der Waals surface area contributed by atoms with Gasteiger partial charge in [-0.15, -0.1) is 0 Å². The van der Waals surface area contributed by atoms with Gasteiger partial charge in [0.15, 0.2) is 0 Å². The molecule has 0 aliphatic carbocycles. The molecule has 17 heavy (non-hydrogen) atoms. The van der Waals surface area contributed by atoms with Crippen LogP contribution in [0.2, 0.25) is 0 Å². The molecule has 1 rings (SSSR count). The summed E-state index contributed by atoms with van der Waals surface area (Å²) in [6.45, 7) is 8.23. The van der Waals surface area contributed by atoms with Crippen LogP contribution in [0, 0.1) is 5.92 Å². The van der Waals surface area contributed by atoms with E-state index in [0.717, 1.165) is 6.54 Å². The standard InChI is InChI=1S/C15H26N2/c1-4-5-13-6-8-14(9-7-13)11-17-15(10-16)12(2)3/h6-9,12,15,17H,4-5,10-11,16H2,1-3H3. The predicted octanol–water partition coefficient (Wildman–Crippen LogP) is 2.71. The molecular weight excluding hydrogens is 208 g/mol. The lowest BCUT2D eigenvalue weighted by molar-refractivity contribution is 0.405. The highest BCUT2D eigenvalue weighted by atomic mass is 14.9. The summed E-state index contributed by atoms with van der Waals surface area (Å²) in [7, 11) is 0. The number of rotatable bonds is 7. The average molecular weight is 234 g/mol. The molecule has 0 aromatic heterocycles. The Balaban J connectivity index is 2.46. The van der Waals surface area contributed by atoms with Crippen LogP contribution in [-0.4, -0.2) is 12.6 Å². The number of hydrogen-bond acceptors (Lipinski definition) is 2. The van der Waals surface area contributed by atoms with E-state index in [-0.39, 0.29) is 0 Å². The monoisotopic (exact) mass is 234 g/mol. The zero-order valence-electron chi connectivity index (χ0n) is 11.4. The number of hydrogen-bond donors (Lipinski definition) is 2. The maximum Gasteiger partial charge on any atom is 0.0216 e. The predicted molar refractivity (Wildman–Crippen MR) is 75.0 cm³/mol. The van der Waals surface area contributed by atoms with E-state index in [9.17, 15) is 0 Å². The molecule has 3 N–H and O–H groups in total. The number of nitrogens with two attached hydrogens (primary N) is 1. The summed E-state index contributed by atoms with van der Waals surface area (Å²) in [5.74, 6) is 0.583. The van der Waals surface area contributed by atoms with Gasteiger partial charge in [0.1, 0.15) is 0 Å². The van der Waals surface area contributed by atoms with E-state index in [1.165, 1.54) is 24.0 Å². The Labute approximate surface area is 106 Å². The Hall–Kier alpha value is -0.860. The van der Waals surface area contributed by atoms with Crippen molar-refractivity contribution in [2.24, 2.45) is 11.7 Å². The van der Waals surface area contributed by atoms with Crippen molar-refractivity contribution >= 4 is 0 Å². The Morgan fingerprint density at radius 1 is 1.12 bits per heavy atom. The average Bonchev–Trinajstić information content (AvgIpc) is 2.32. The fraction of sp³-hybridized carbons (Fsp3) is 0.600. The van der Waals surface area contributed by atoms with Crippen molar-refractivity contribution in [3.63, 3.8) is 0 Å². The Morgan fingerprint density at radius 2 is 1.71 bits per heavy atom. The molecule has 0 amide bonds. The normalized spacial score (nSPS) is 13.0. The summed E-state index contributed by atoms with van der Waals surface area (Å²) in [4.78, 5) is 0. The third-order valence-corrected chi connectivity index (χ3v) is 3.19. The second-order valence-corrected chi connectivity index (χ2v) is 5.03. The van der Waals surface area contributed by atoms with Crippen molar-refractivity contribution in [2.75, 3.05) is 6.54 Å². The van der Waals surface area contributed by atoms with Gasteiger partial charge >= 0.3 is 0 Å². The van der Waals surface area contributed by atoms with Crippen molar-refractivity contribution in [1.82, 2.24) is 5.32 Å². The maximum absolute atomic E-state index is 5.74.